The molecule has 45 heavy (non-hydrogen) atoms. The molecule has 232 valence electrons. The molecule has 0 saturated heterocycles. The van der Waals surface area contributed by atoms with E-state index in [1.807, 2.05) is 24.3 Å². The van der Waals surface area contributed by atoms with Crippen molar-refractivity contribution in [2.45, 2.75) is 9.79 Å². The molecule has 0 amide bonds. The SMILES string of the molecule is CN(c1ccc(C2=NCCN2)cc1)S(=O)(=O)c1ccc(Oc2ccc(S(=O)(=O)N(C)c3ccc(C4=NCCN4)cc3)cc2)cc1. The largest absolute Gasteiger partial charge is 0.457 e. The lowest BCUT2D eigenvalue weighted by Gasteiger charge is -2.20. The van der Waals surface area contributed by atoms with Gasteiger partial charge < -0.3 is 15.4 Å². The molecule has 0 saturated carbocycles. The molecular weight excluding hydrogens is 613 g/mol. The van der Waals surface area contributed by atoms with E-state index < -0.39 is 20.0 Å². The van der Waals surface area contributed by atoms with Crippen LogP contribution >= 0.6 is 0 Å². The number of amidine groups is 2. The highest BCUT2D eigenvalue weighted by molar-refractivity contribution is 7.93. The molecule has 11 nitrogen and oxygen atoms in total. The summed E-state index contributed by atoms with van der Waals surface area (Å²) in [6, 6.07) is 26.5. The molecule has 0 spiro atoms. The van der Waals surface area contributed by atoms with Crippen molar-refractivity contribution in [1.82, 2.24) is 10.6 Å². The zero-order valence-electron chi connectivity index (χ0n) is 24.7. The normalized spacial score (nSPS) is 14.6. The Morgan fingerprint density at radius 2 is 0.911 bits per heavy atom. The molecule has 0 atom stereocenters. The van der Waals surface area contributed by atoms with Gasteiger partial charge in [0, 0.05) is 38.3 Å². The predicted molar refractivity (Wildman–Crippen MR) is 176 cm³/mol. The standard InChI is InChI=1S/C32H32N6O5S2/c1-37(25-7-3-23(4-8-25)31-33-19-20-34-31)44(39,40)29-15-11-27(12-16-29)43-28-13-17-30(18-14-28)45(41,42)38(2)26-9-5-24(6-10-26)32-35-21-22-36-32/h3-18H,19-22H2,1-2H3,(H,33,34)(H,35,36). The first-order valence-electron chi connectivity index (χ1n) is 14.3. The van der Waals surface area contributed by atoms with E-state index in [0.717, 1.165) is 49.0 Å². The maximum atomic E-state index is 13.3. The van der Waals surface area contributed by atoms with Crippen molar-refractivity contribution in [2.24, 2.45) is 9.98 Å². The fraction of sp³-hybridized carbons (Fsp3) is 0.188. The van der Waals surface area contributed by atoms with Crippen LogP contribution in [-0.4, -0.2) is 68.8 Å². The Morgan fingerprint density at radius 1 is 0.556 bits per heavy atom. The summed E-state index contributed by atoms with van der Waals surface area (Å²) in [5, 5.41) is 6.40. The zero-order valence-corrected chi connectivity index (χ0v) is 26.3. The van der Waals surface area contributed by atoms with Crippen molar-refractivity contribution in [1.29, 1.82) is 0 Å². The molecule has 13 heteroatoms. The minimum atomic E-state index is -3.82. The van der Waals surface area contributed by atoms with Crippen molar-refractivity contribution < 1.29 is 21.6 Å². The monoisotopic (exact) mass is 644 g/mol. The van der Waals surface area contributed by atoms with Crippen LogP contribution in [0.15, 0.2) is 117 Å². The first-order chi connectivity index (χ1) is 21.6. The Bertz CT molecular complexity index is 1810. The van der Waals surface area contributed by atoms with Crippen LogP contribution in [0.5, 0.6) is 11.5 Å². The summed E-state index contributed by atoms with van der Waals surface area (Å²) in [7, 11) is -4.63. The number of hydrogen-bond donors (Lipinski definition) is 2. The van der Waals surface area contributed by atoms with Gasteiger partial charge in [-0.1, -0.05) is 0 Å². The number of rotatable bonds is 10. The average molecular weight is 645 g/mol. The van der Waals surface area contributed by atoms with Gasteiger partial charge in [0.15, 0.2) is 0 Å². The highest BCUT2D eigenvalue weighted by atomic mass is 32.2. The van der Waals surface area contributed by atoms with Crippen molar-refractivity contribution in [3.05, 3.63) is 108 Å². The van der Waals surface area contributed by atoms with Crippen molar-refractivity contribution in [3.63, 3.8) is 0 Å². The zero-order chi connectivity index (χ0) is 31.6. The van der Waals surface area contributed by atoms with Gasteiger partial charge in [-0.25, -0.2) is 16.8 Å². The maximum Gasteiger partial charge on any atom is 0.264 e. The quantitative estimate of drug-likeness (QED) is 0.268. The highest BCUT2D eigenvalue weighted by Gasteiger charge is 2.23. The van der Waals surface area contributed by atoms with E-state index in [-0.39, 0.29) is 9.79 Å². The minimum absolute atomic E-state index is 0.105. The van der Waals surface area contributed by atoms with E-state index in [9.17, 15) is 16.8 Å². The summed E-state index contributed by atoms with van der Waals surface area (Å²) in [4.78, 5) is 8.99. The predicted octanol–water partition coefficient (Wildman–Crippen LogP) is 3.83. The molecule has 4 aromatic carbocycles. The van der Waals surface area contributed by atoms with Gasteiger partial charge in [-0.15, -0.1) is 0 Å². The Hall–Kier alpha value is -4.88. The Labute approximate surface area is 263 Å². The molecule has 0 aliphatic carbocycles. The van der Waals surface area contributed by atoms with Crippen LogP contribution in [0.2, 0.25) is 0 Å². The van der Waals surface area contributed by atoms with Crippen LogP contribution < -0.4 is 24.0 Å². The lowest BCUT2D eigenvalue weighted by molar-refractivity contribution is 0.481. The number of nitrogens with zero attached hydrogens (tertiary/aromatic N) is 4. The molecule has 2 heterocycles. The van der Waals surface area contributed by atoms with Crippen LogP contribution in [0.1, 0.15) is 11.1 Å². The first-order valence-corrected chi connectivity index (χ1v) is 17.1. The van der Waals surface area contributed by atoms with E-state index >= 15 is 0 Å². The Kier molecular flexibility index (Phi) is 8.21. The molecule has 0 radical (unpaired) electrons. The molecule has 6 rings (SSSR count). The summed E-state index contributed by atoms with van der Waals surface area (Å²) < 4.78 is 61.5. The van der Waals surface area contributed by atoms with Crippen LogP contribution in [-0.2, 0) is 20.0 Å². The fourth-order valence-electron chi connectivity index (χ4n) is 4.93. The maximum absolute atomic E-state index is 13.3. The lowest BCUT2D eigenvalue weighted by Crippen LogP contribution is -2.26. The van der Waals surface area contributed by atoms with Gasteiger partial charge in [-0.05, 0) is 97.1 Å². The third kappa shape index (κ3) is 6.22. The molecule has 2 aliphatic heterocycles. The van der Waals surface area contributed by atoms with Gasteiger partial charge in [-0.2, -0.15) is 0 Å². The molecule has 0 unspecified atom stereocenters. The van der Waals surface area contributed by atoms with Crippen LogP contribution in [0.25, 0.3) is 0 Å². The molecule has 0 bridgehead atoms. The van der Waals surface area contributed by atoms with Gasteiger partial charge in [0.2, 0.25) is 0 Å². The van der Waals surface area contributed by atoms with Crippen molar-refractivity contribution >= 4 is 43.1 Å². The second-order valence-electron chi connectivity index (χ2n) is 10.4. The lowest BCUT2D eigenvalue weighted by atomic mass is 10.2. The van der Waals surface area contributed by atoms with Gasteiger partial charge >= 0.3 is 0 Å². The summed E-state index contributed by atoms with van der Waals surface area (Å²) in [5.74, 6) is 2.42. The number of hydrogen-bond acceptors (Lipinski definition) is 9. The van der Waals surface area contributed by atoms with Crippen LogP contribution in [0, 0.1) is 0 Å². The van der Waals surface area contributed by atoms with Crippen molar-refractivity contribution in [2.75, 3.05) is 48.9 Å². The van der Waals surface area contributed by atoms with Crippen LogP contribution in [0.4, 0.5) is 11.4 Å². The third-order valence-electron chi connectivity index (χ3n) is 7.56. The highest BCUT2D eigenvalue weighted by Crippen LogP contribution is 2.29. The van der Waals surface area contributed by atoms with E-state index in [1.54, 1.807) is 48.5 Å². The van der Waals surface area contributed by atoms with E-state index in [1.165, 1.54) is 47.0 Å². The number of ether oxygens (including phenoxy) is 1. The minimum Gasteiger partial charge on any atom is -0.457 e. The Morgan fingerprint density at radius 3 is 1.22 bits per heavy atom. The fourth-order valence-corrected chi connectivity index (χ4v) is 7.32. The molecule has 2 aliphatic rings. The average Bonchev–Trinajstić information content (AvgIpc) is 3.81. The first kappa shape index (κ1) is 30.2. The van der Waals surface area contributed by atoms with E-state index in [0.29, 0.717) is 22.9 Å². The van der Waals surface area contributed by atoms with Gasteiger partial charge in [0.25, 0.3) is 20.0 Å². The summed E-state index contributed by atoms with van der Waals surface area (Å²) in [6.45, 7) is 3.03. The number of benzene rings is 4. The number of aliphatic imine (C=N–C) groups is 2. The Balaban J connectivity index is 1.10. The molecular formula is C32H32N6O5S2. The number of sulfonamides is 2. The number of anilines is 2. The van der Waals surface area contributed by atoms with Crippen molar-refractivity contribution in [3.8, 4) is 11.5 Å². The smallest absolute Gasteiger partial charge is 0.264 e. The summed E-state index contributed by atoms with van der Waals surface area (Å²) in [5.41, 5.74) is 2.84. The topological polar surface area (TPSA) is 133 Å². The number of nitrogens with one attached hydrogen (secondary N) is 2. The molecule has 4 aromatic rings. The molecule has 0 aromatic heterocycles. The van der Waals surface area contributed by atoms with Crippen LogP contribution in [0.3, 0.4) is 0 Å². The summed E-state index contributed by atoms with van der Waals surface area (Å²) in [6.07, 6.45) is 0. The van der Waals surface area contributed by atoms with Gasteiger partial charge in [0.1, 0.15) is 23.2 Å². The van der Waals surface area contributed by atoms with E-state index in [4.69, 9.17) is 4.74 Å². The van der Waals surface area contributed by atoms with E-state index in [2.05, 4.69) is 20.6 Å². The third-order valence-corrected chi connectivity index (χ3v) is 11.2. The molecule has 2 N–H and O–H groups in total. The second kappa shape index (κ2) is 12.3. The van der Waals surface area contributed by atoms with Gasteiger partial charge in [-0.3, -0.25) is 18.6 Å². The summed E-state index contributed by atoms with van der Waals surface area (Å²) >= 11 is 0. The van der Waals surface area contributed by atoms with Gasteiger partial charge in [0.05, 0.1) is 34.3 Å². The molecule has 0 fully saturated rings. The second-order valence-corrected chi connectivity index (χ2v) is 14.3.